The number of morpholine rings is 1. The minimum Gasteiger partial charge on any atom is -0.485 e. The summed E-state index contributed by atoms with van der Waals surface area (Å²) in [5.74, 6) is -3.40. The van der Waals surface area contributed by atoms with Gasteiger partial charge in [-0.1, -0.05) is 0 Å². The second-order valence-corrected chi connectivity index (χ2v) is 3.67. The first-order valence-corrected chi connectivity index (χ1v) is 5.49. The Bertz CT molecular complexity index is 481. The van der Waals surface area contributed by atoms with Crippen LogP contribution in [0.15, 0.2) is 11.7 Å². The molecule has 0 aromatic heterocycles. The van der Waals surface area contributed by atoms with Crippen molar-refractivity contribution in [3.63, 3.8) is 0 Å². The highest BCUT2D eigenvalue weighted by molar-refractivity contribution is 5.93. The number of hydrogen-bond donors (Lipinski definition) is 3. The van der Waals surface area contributed by atoms with Gasteiger partial charge >= 0.3 is 23.8 Å². The maximum atomic E-state index is 11.6. The van der Waals surface area contributed by atoms with E-state index in [1.54, 1.807) is 5.32 Å². The maximum absolute atomic E-state index is 11.6. The average molecular weight is 305 g/mol. The van der Waals surface area contributed by atoms with Gasteiger partial charge in [0.05, 0.1) is 13.2 Å². The van der Waals surface area contributed by atoms with Crippen LogP contribution in [0.3, 0.4) is 0 Å². The Hall–Kier alpha value is -2.96. The molecule has 0 aromatic rings. The normalized spacial score (nSPS) is 14.0. The number of nitrogens with zero attached hydrogens (tertiary/aromatic N) is 3. The molecular formula is C8H11N5O8. The summed E-state index contributed by atoms with van der Waals surface area (Å²) in [6.07, 6.45) is 0. The number of nitro groups is 2. The molecule has 116 valence electrons. The lowest BCUT2D eigenvalue weighted by Gasteiger charge is -2.26. The van der Waals surface area contributed by atoms with E-state index >= 15 is 0 Å². The van der Waals surface area contributed by atoms with Crippen LogP contribution in [0.1, 0.15) is 0 Å². The zero-order valence-electron chi connectivity index (χ0n) is 10.5. The van der Waals surface area contributed by atoms with E-state index in [0.717, 1.165) is 0 Å². The van der Waals surface area contributed by atoms with Crippen molar-refractivity contribution in [3.8, 4) is 0 Å². The van der Waals surface area contributed by atoms with Gasteiger partial charge < -0.3 is 14.7 Å². The van der Waals surface area contributed by atoms with Crippen LogP contribution in [-0.4, -0.2) is 58.2 Å². The molecule has 1 rings (SSSR count). The van der Waals surface area contributed by atoms with Crippen LogP contribution in [0.5, 0.6) is 0 Å². The molecule has 0 bridgehead atoms. The molecule has 0 atom stereocenters. The van der Waals surface area contributed by atoms with E-state index in [9.17, 15) is 29.8 Å². The highest BCUT2D eigenvalue weighted by atomic mass is 16.7. The molecule has 1 fully saturated rings. The van der Waals surface area contributed by atoms with Crippen molar-refractivity contribution >= 4 is 12.1 Å². The van der Waals surface area contributed by atoms with Crippen LogP contribution in [0.2, 0.25) is 0 Å². The highest BCUT2D eigenvalue weighted by Gasteiger charge is 2.34. The van der Waals surface area contributed by atoms with Crippen molar-refractivity contribution in [3.05, 3.63) is 31.9 Å². The third-order valence-electron chi connectivity index (χ3n) is 2.31. The van der Waals surface area contributed by atoms with E-state index in [-0.39, 0.29) is 26.3 Å². The van der Waals surface area contributed by atoms with Crippen LogP contribution in [0.4, 0.5) is 9.59 Å². The fourth-order valence-corrected chi connectivity index (χ4v) is 1.38. The van der Waals surface area contributed by atoms with Crippen molar-refractivity contribution < 1.29 is 29.3 Å². The standard InChI is InChI=1S/C8H11N5O8/c14-5(6(12(17)18)13(19)20)9-7(15)10-8(16)11-1-3-21-4-2-11/h14H,1-4H2,(H2,9,10,15,16). The van der Waals surface area contributed by atoms with Gasteiger partial charge in [0.1, 0.15) is 9.85 Å². The molecule has 1 heterocycles. The first-order valence-electron chi connectivity index (χ1n) is 5.49. The predicted octanol–water partition coefficient (Wildman–Crippen LogP) is -1.02. The topological polar surface area (TPSA) is 177 Å². The van der Waals surface area contributed by atoms with Crippen molar-refractivity contribution in [1.29, 1.82) is 0 Å². The Balaban J connectivity index is 2.63. The lowest BCUT2D eigenvalue weighted by Crippen LogP contribution is -2.50. The fourth-order valence-electron chi connectivity index (χ4n) is 1.38. The molecule has 13 heteroatoms. The zero-order valence-corrected chi connectivity index (χ0v) is 10.5. The van der Waals surface area contributed by atoms with Gasteiger partial charge in [-0.3, -0.25) is 30.9 Å². The highest BCUT2D eigenvalue weighted by Crippen LogP contribution is 2.01. The van der Waals surface area contributed by atoms with Gasteiger partial charge in [0.2, 0.25) is 0 Å². The molecule has 21 heavy (non-hydrogen) atoms. The Morgan fingerprint density at radius 3 is 2.10 bits per heavy atom. The van der Waals surface area contributed by atoms with Crippen molar-refractivity contribution in [2.75, 3.05) is 26.3 Å². The molecule has 1 saturated heterocycles. The summed E-state index contributed by atoms with van der Waals surface area (Å²) in [5.41, 5.74) is 0. The summed E-state index contributed by atoms with van der Waals surface area (Å²) in [6.45, 7) is 1.03. The summed E-state index contributed by atoms with van der Waals surface area (Å²) in [7, 11) is 0. The molecule has 0 spiro atoms. The van der Waals surface area contributed by atoms with Crippen molar-refractivity contribution in [1.82, 2.24) is 15.5 Å². The van der Waals surface area contributed by atoms with Gasteiger partial charge in [-0.05, 0) is 0 Å². The minimum absolute atomic E-state index is 0.232. The summed E-state index contributed by atoms with van der Waals surface area (Å²) >= 11 is 0. The van der Waals surface area contributed by atoms with Crippen LogP contribution in [-0.2, 0) is 4.74 Å². The fraction of sp³-hybridized carbons (Fsp3) is 0.500. The Kier molecular flexibility index (Phi) is 5.36. The molecule has 0 radical (unpaired) electrons. The van der Waals surface area contributed by atoms with E-state index in [4.69, 9.17) is 9.84 Å². The smallest absolute Gasteiger partial charge is 0.485 e. The Morgan fingerprint density at radius 1 is 1.10 bits per heavy atom. The minimum atomic E-state index is -1.82. The molecule has 3 N–H and O–H groups in total. The van der Waals surface area contributed by atoms with Gasteiger partial charge in [0, 0.05) is 13.1 Å². The SMILES string of the molecule is O=C(NC(=O)N1CCOCC1)NC(O)=C([N+](=O)[O-])[N+](=O)[O-]. The molecule has 0 aromatic carbocycles. The van der Waals surface area contributed by atoms with Gasteiger partial charge in [0.25, 0.3) is 0 Å². The average Bonchev–Trinajstić information content (AvgIpc) is 2.38. The monoisotopic (exact) mass is 305 g/mol. The third-order valence-corrected chi connectivity index (χ3v) is 2.31. The number of carbonyl (C=O) groups excluding carboxylic acids is 2. The summed E-state index contributed by atoms with van der Waals surface area (Å²) in [4.78, 5) is 41.8. The van der Waals surface area contributed by atoms with E-state index in [1.165, 1.54) is 10.2 Å². The lowest BCUT2D eigenvalue weighted by molar-refractivity contribution is -0.619. The van der Waals surface area contributed by atoms with Crippen LogP contribution < -0.4 is 10.6 Å². The van der Waals surface area contributed by atoms with Crippen LogP contribution >= 0.6 is 0 Å². The number of imide groups is 1. The lowest BCUT2D eigenvalue weighted by atomic mass is 10.4. The Labute approximate surface area is 116 Å². The van der Waals surface area contributed by atoms with E-state index < -0.39 is 33.6 Å². The molecule has 0 unspecified atom stereocenters. The molecule has 4 amide bonds. The van der Waals surface area contributed by atoms with Gasteiger partial charge in [-0.2, -0.15) is 0 Å². The van der Waals surface area contributed by atoms with Crippen LogP contribution in [0.25, 0.3) is 0 Å². The van der Waals surface area contributed by atoms with E-state index in [1.807, 2.05) is 0 Å². The number of rotatable bonds is 3. The first-order chi connectivity index (χ1) is 9.82. The van der Waals surface area contributed by atoms with Gasteiger partial charge in [0.15, 0.2) is 0 Å². The van der Waals surface area contributed by atoms with Crippen LogP contribution in [0, 0.1) is 20.2 Å². The molecular weight excluding hydrogens is 294 g/mol. The molecule has 0 aliphatic carbocycles. The number of urea groups is 2. The second kappa shape index (κ2) is 6.99. The van der Waals surface area contributed by atoms with Gasteiger partial charge in [-0.25, -0.2) is 9.59 Å². The summed E-state index contributed by atoms with van der Waals surface area (Å²) in [6, 6.07) is -2.17. The number of amides is 4. The number of nitrogens with one attached hydrogen (secondary N) is 2. The summed E-state index contributed by atoms with van der Waals surface area (Å²) < 4.78 is 4.98. The Morgan fingerprint density at radius 2 is 1.62 bits per heavy atom. The molecule has 1 aliphatic heterocycles. The van der Waals surface area contributed by atoms with Crippen molar-refractivity contribution in [2.24, 2.45) is 0 Å². The molecule has 1 aliphatic rings. The first kappa shape index (κ1) is 16.1. The molecule has 0 saturated carbocycles. The van der Waals surface area contributed by atoms with Gasteiger partial charge in [-0.15, -0.1) is 0 Å². The van der Waals surface area contributed by atoms with Crippen molar-refractivity contribution in [2.45, 2.75) is 0 Å². The van der Waals surface area contributed by atoms with E-state index in [2.05, 4.69) is 0 Å². The maximum Gasteiger partial charge on any atom is 0.619 e. The second-order valence-electron chi connectivity index (χ2n) is 3.67. The third kappa shape index (κ3) is 4.57. The summed E-state index contributed by atoms with van der Waals surface area (Å²) in [5, 5.41) is 33.0. The number of aliphatic hydroxyl groups excluding tert-OH is 1. The van der Waals surface area contributed by atoms with E-state index in [0.29, 0.717) is 0 Å². The number of hydrogen-bond acceptors (Lipinski definition) is 8. The zero-order chi connectivity index (χ0) is 16.0. The number of carbonyl (C=O) groups is 2. The quantitative estimate of drug-likeness (QED) is 0.336. The molecule has 13 nitrogen and oxygen atoms in total. The largest absolute Gasteiger partial charge is 0.619 e. The number of ether oxygens (including phenoxy) is 1. The predicted molar refractivity (Wildman–Crippen MR) is 63.1 cm³/mol. The number of aliphatic hydroxyl groups is 1.